The van der Waals surface area contributed by atoms with Gasteiger partial charge < -0.3 is 5.32 Å². The number of hydrogen-bond acceptors (Lipinski definition) is 0. The topological polar surface area (TPSA) is 14.1 Å². The van der Waals surface area contributed by atoms with Crippen LogP contribution >= 0.6 is 23.2 Å². The molecule has 11 heavy (non-hydrogen) atoms. The van der Waals surface area contributed by atoms with E-state index in [0.29, 0.717) is 15.7 Å². The molecule has 0 aliphatic rings. The van der Waals surface area contributed by atoms with Crippen LogP contribution in [0.15, 0.2) is 18.2 Å². The van der Waals surface area contributed by atoms with Crippen molar-refractivity contribution in [2.75, 3.05) is 7.05 Å². The van der Waals surface area contributed by atoms with E-state index in [2.05, 4.69) is 5.32 Å². The summed E-state index contributed by atoms with van der Waals surface area (Å²) in [5, 5.41) is 5.09. The Kier molecular flexibility index (Phi) is 6.46. The molecular weight excluding hydrogens is 208 g/mol. The normalized spacial score (nSPS) is 8.64. The molecule has 0 unspecified atom stereocenters. The molecule has 4 heteroatoms. The Labute approximate surface area is 119 Å². The van der Waals surface area contributed by atoms with Crippen LogP contribution in [0.4, 0.5) is 5.69 Å². The molecule has 0 heterocycles. The van der Waals surface area contributed by atoms with Crippen molar-refractivity contribution in [2.24, 2.45) is 0 Å². The van der Waals surface area contributed by atoms with Gasteiger partial charge in [-0.3, -0.25) is 0 Å². The monoisotopic (exact) mass is 213 g/mol. The third-order valence-corrected chi connectivity index (χ3v) is 1.77. The van der Waals surface area contributed by atoms with Crippen LogP contribution in [0.25, 0.3) is 5.32 Å². The zero-order valence-electron chi connectivity index (χ0n) is 6.44. The summed E-state index contributed by atoms with van der Waals surface area (Å²) in [6, 6.07) is 5.31. The van der Waals surface area contributed by atoms with E-state index in [4.69, 9.17) is 23.2 Å². The summed E-state index contributed by atoms with van der Waals surface area (Å²) in [5.74, 6) is 0. The average Bonchev–Trinajstić information content (AvgIpc) is 1.88. The van der Waals surface area contributed by atoms with Crippen molar-refractivity contribution in [1.82, 2.24) is 0 Å². The van der Waals surface area contributed by atoms with Gasteiger partial charge >= 0.3 is 51.4 Å². The first kappa shape index (κ1) is 12.2. The van der Waals surface area contributed by atoms with Crippen LogP contribution in [0, 0.1) is 0 Å². The van der Waals surface area contributed by atoms with Crippen molar-refractivity contribution in [3.05, 3.63) is 33.6 Å². The number of halogens is 2. The number of hydrogen-bond donors (Lipinski definition) is 0. The summed E-state index contributed by atoms with van der Waals surface area (Å²) in [4.78, 5) is 0. The fourth-order valence-corrected chi connectivity index (χ4v) is 1.27. The van der Waals surface area contributed by atoms with Gasteiger partial charge in [0, 0.05) is 10.0 Å². The summed E-state index contributed by atoms with van der Waals surface area (Å²) in [7, 11) is 1.66. The molecule has 1 rings (SSSR count). The first-order valence-corrected chi connectivity index (χ1v) is 3.55. The molecular formula is C7H6Cl2KN. The fraction of sp³-hybridized carbons (Fsp3) is 0.143. The van der Waals surface area contributed by atoms with Gasteiger partial charge in [-0.1, -0.05) is 29.3 Å². The van der Waals surface area contributed by atoms with Crippen LogP contribution in [0.5, 0.6) is 0 Å². The molecule has 1 aromatic rings. The molecule has 0 saturated heterocycles. The Hall–Kier alpha value is 1.24. The summed E-state index contributed by atoms with van der Waals surface area (Å²) in [6.45, 7) is 0. The van der Waals surface area contributed by atoms with Crippen molar-refractivity contribution in [3.8, 4) is 0 Å². The molecule has 0 N–H and O–H groups in total. The standard InChI is InChI=1S/C7H6Cl2N.K/c1-10-7-5(8)3-2-4-6(7)9;/h2-4H,1H3;/q-1;+1. The van der Waals surface area contributed by atoms with Crippen LogP contribution in [0.1, 0.15) is 0 Å². The molecule has 0 aromatic heterocycles. The van der Waals surface area contributed by atoms with Gasteiger partial charge in [-0.05, 0) is 12.1 Å². The van der Waals surface area contributed by atoms with Gasteiger partial charge in [-0.25, -0.2) is 0 Å². The second-order valence-electron chi connectivity index (χ2n) is 1.79. The second kappa shape index (κ2) is 5.81. The molecule has 0 amide bonds. The third kappa shape index (κ3) is 3.23. The second-order valence-corrected chi connectivity index (χ2v) is 2.61. The third-order valence-electron chi connectivity index (χ3n) is 1.16. The number of para-hydroxylation sites is 1. The first-order chi connectivity index (χ1) is 4.75. The van der Waals surface area contributed by atoms with Gasteiger partial charge in [0.1, 0.15) is 0 Å². The van der Waals surface area contributed by atoms with Crippen LogP contribution in [-0.2, 0) is 0 Å². The van der Waals surface area contributed by atoms with E-state index in [0.717, 1.165) is 0 Å². The SMILES string of the molecule is C[N-]c1c(Cl)cccc1Cl.[K+]. The first-order valence-electron chi connectivity index (χ1n) is 2.79. The van der Waals surface area contributed by atoms with Gasteiger partial charge in [-0.2, -0.15) is 0 Å². The maximum Gasteiger partial charge on any atom is 1.00 e. The van der Waals surface area contributed by atoms with E-state index in [9.17, 15) is 0 Å². The summed E-state index contributed by atoms with van der Waals surface area (Å²) in [5.41, 5.74) is 0.658. The van der Waals surface area contributed by atoms with Crippen molar-refractivity contribution >= 4 is 28.9 Å². The van der Waals surface area contributed by atoms with E-state index in [1.165, 1.54) is 0 Å². The Balaban J connectivity index is 0.000001000. The largest absolute Gasteiger partial charge is 1.00 e. The molecule has 1 aromatic carbocycles. The van der Waals surface area contributed by atoms with Crippen LogP contribution in [0.3, 0.4) is 0 Å². The maximum atomic E-state index is 5.75. The van der Waals surface area contributed by atoms with E-state index in [-0.39, 0.29) is 51.4 Å². The molecule has 0 saturated carbocycles. The van der Waals surface area contributed by atoms with Gasteiger partial charge in [-0.15, -0.1) is 12.7 Å². The van der Waals surface area contributed by atoms with E-state index >= 15 is 0 Å². The molecule has 0 radical (unpaired) electrons. The zero-order valence-corrected chi connectivity index (χ0v) is 11.1. The minimum atomic E-state index is 0. The Morgan fingerprint density at radius 3 is 1.91 bits per heavy atom. The zero-order chi connectivity index (χ0) is 7.56. The molecule has 54 valence electrons. The molecule has 0 atom stereocenters. The van der Waals surface area contributed by atoms with Crippen molar-refractivity contribution < 1.29 is 51.4 Å². The predicted molar refractivity (Wildman–Crippen MR) is 45.4 cm³/mol. The number of rotatable bonds is 1. The van der Waals surface area contributed by atoms with Crippen LogP contribution in [0.2, 0.25) is 10.0 Å². The van der Waals surface area contributed by atoms with E-state index < -0.39 is 0 Å². The van der Waals surface area contributed by atoms with Gasteiger partial charge in [0.25, 0.3) is 0 Å². The Morgan fingerprint density at radius 2 is 1.64 bits per heavy atom. The molecule has 0 aliphatic carbocycles. The quantitative estimate of drug-likeness (QED) is 0.609. The smallest absolute Gasteiger partial charge is 0.685 e. The molecule has 0 aliphatic heterocycles. The summed E-state index contributed by atoms with van der Waals surface area (Å²) >= 11 is 11.5. The van der Waals surface area contributed by atoms with Gasteiger partial charge in [0.15, 0.2) is 0 Å². The maximum absolute atomic E-state index is 5.75. The Morgan fingerprint density at radius 1 is 1.18 bits per heavy atom. The number of benzene rings is 1. The minimum Gasteiger partial charge on any atom is -0.685 e. The molecule has 0 bridgehead atoms. The Bertz CT molecular complexity index is 220. The van der Waals surface area contributed by atoms with Crippen LogP contribution in [-0.4, -0.2) is 7.05 Å². The predicted octanol–water partition coefficient (Wildman–Crippen LogP) is 0.632. The summed E-state index contributed by atoms with van der Waals surface area (Å²) < 4.78 is 0. The average molecular weight is 214 g/mol. The molecule has 0 fully saturated rings. The van der Waals surface area contributed by atoms with Crippen molar-refractivity contribution in [3.63, 3.8) is 0 Å². The summed E-state index contributed by atoms with van der Waals surface area (Å²) in [6.07, 6.45) is 0. The van der Waals surface area contributed by atoms with Crippen molar-refractivity contribution in [1.29, 1.82) is 0 Å². The molecule has 1 nitrogen and oxygen atoms in total. The van der Waals surface area contributed by atoms with E-state index in [1.807, 2.05) is 0 Å². The fourth-order valence-electron chi connectivity index (χ4n) is 0.703. The van der Waals surface area contributed by atoms with Gasteiger partial charge in [0.2, 0.25) is 0 Å². The van der Waals surface area contributed by atoms with E-state index in [1.54, 1.807) is 25.2 Å². The van der Waals surface area contributed by atoms with Crippen LogP contribution < -0.4 is 51.4 Å². The molecule has 0 spiro atoms. The van der Waals surface area contributed by atoms with Crippen molar-refractivity contribution in [2.45, 2.75) is 0 Å². The van der Waals surface area contributed by atoms with Gasteiger partial charge in [0.05, 0.1) is 0 Å². The minimum absolute atomic E-state index is 0. The number of nitrogens with zero attached hydrogens (tertiary/aromatic N) is 1.